The zero-order chi connectivity index (χ0) is 14.7. The van der Waals surface area contributed by atoms with Crippen molar-refractivity contribution in [1.82, 2.24) is 9.71 Å². The third kappa shape index (κ3) is 3.08. The zero-order valence-corrected chi connectivity index (χ0v) is 12.1. The number of carboxylic acid groups (broad SMARTS) is 1. The molecule has 0 unspecified atom stereocenters. The molecule has 0 saturated heterocycles. The maximum Gasteiger partial charge on any atom is 0.331 e. The van der Waals surface area contributed by atoms with Gasteiger partial charge in [-0.05, 0) is 43.0 Å². The number of pyridine rings is 1. The van der Waals surface area contributed by atoms with E-state index in [4.69, 9.17) is 5.11 Å². The monoisotopic (exact) mass is 298 g/mol. The first-order valence-corrected chi connectivity index (χ1v) is 7.45. The van der Waals surface area contributed by atoms with Crippen LogP contribution in [-0.4, -0.2) is 16.1 Å². The Morgan fingerprint density at radius 3 is 2.81 bits per heavy atom. The number of nitrogens with zero attached hydrogens (tertiary/aromatic N) is 1. The number of allylic oxidation sites excluding steroid dienone is 3. The molecule has 0 aliphatic heterocycles. The minimum Gasteiger partial charge on any atom is -0.478 e. The van der Waals surface area contributed by atoms with Gasteiger partial charge in [0.25, 0.3) is 0 Å². The SMILES string of the molecule is O=C(O)C1=CC=C(NSc2cccc3cccnc23)CC1. The molecule has 1 aromatic heterocycles. The molecule has 0 fully saturated rings. The lowest BCUT2D eigenvalue weighted by Gasteiger charge is -2.14. The fraction of sp³-hybridized carbons (Fsp3) is 0.125. The number of aromatic nitrogens is 1. The number of carbonyl (C=O) groups is 1. The second-order valence-corrected chi connectivity index (χ2v) is 5.57. The Hall–Kier alpha value is -2.27. The van der Waals surface area contributed by atoms with Crippen molar-refractivity contribution < 1.29 is 9.90 Å². The van der Waals surface area contributed by atoms with Crippen molar-refractivity contribution in [2.75, 3.05) is 0 Å². The Morgan fingerprint density at radius 1 is 1.19 bits per heavy atom. The van der Waals surface area contributed by atoms with Crippen LogP contribution >= 0.6 is 11.9 Å². The Kier molecular flexibility index (Phi) is 3.92. The minimum absolute atomic E-state index is 0.456. The van der Waals surface area contributed by atoms with Gasteiger partial charge >= 0.3 is 5.97 Å². The fourth-order valence-corrected chi connectivity index (χ4v) is 3.00. The lowest BCUT2D eigenvalue weighted by molar-refractivity contribution is -0.132. The smallest absolute Gasteiger partial charge is 0.331 e. The highest BCUT2D eigenvalue weighted by atomic mass is 32.2. The van der Waals surface area contributed by atoms with Crippen LogP contribution in [0.3, 0.4) is 0 Å². The summed E-state index contributed by atoms with van der Waals surface area (Å²) >= 11 is 1.51. The predicted molar refractivity (Wildman–Crippen MR) is 83.8 cm³/mol. The zero-order valence-electron chi connectivity index (χ0n) is 11.2. The molecule has 1 heterocycles. The molecule has 1 aliphatic carbocycles. The van der Waals surface area contributed by atoms with E-state index in [1.807, 2.05) is 36.4 Å². The normalized spacial score (nSPS) is 14.5. The second-order valence-electron chi connectivity index (χ2n) is 4.72. The van der Waals surface area contributed by atoms with Crippen molar-refractivity contribution in [3.05, 3.63) is 60.0 Å². The van der Waals surface area contributed by atoms with Gasteiger partial charge in [0.2, 0.25) is 0 Å². The summed E-state index contributed by atoms with van der Waals surface area (Å²) in [6.07, 6.45) is 6.55. The Morgan fingerprint density at radius 2 is 2.05 bits per heavy atom. The van der Waals surface area contributed by atoms with Crippen LogP contribution < -0.4 is 4.72 Å². The van der Waals surface area contributed by atoms with E-state index in [-0.39, 0.29) is 0 Å². The van der Waals surface area contributed by atoms with E-state index >= 15 is 0 Å². The van der Waals surface area contributed by atoms with Gasteiger partial charge in [-0.25, -0.2) is 4.79 Å². The van der Waals surface area contributed by atoms with Gasteiger partial charge in [0.1, 0.15) is 0 Å². The molecular formula is C16H14N2O2S. The van der Waals surface area contributed by atoms with E-state index in [1.165, 1.54) is 11.9 Å². The lowest BCUT2D eigenvalue weighted by Crippen LogP contribution is -2.10. The molecular weight excluding hydrogens is 284 g/mol. The van der Waals surface area contributed by atoms with Crippen LogP contribution in [0.5, 0.6) is 0 Å². The van der Waals surface area contributed by atoms with Crippen molar-refractivity contribution in [1.29, 1.82) is 0 Å². The van der Waals surface area contributed by atoms with Crippen molar-refractivity contribution in [3.63, 3.8) is 0 Å². The molecule has 0 saturated carbocycles. The highest BCUT2D eigenvalue weighted by Crippen LogP contribution is 2.26. The largest absolute Gasteiger partial charge is 0.478 e. The molecule has 106 valence electrons. The van der Waals surface area contributed by atoms with E-state index < -0.39 is 5.97 Å². The molecule has 2 aromatic rings. The van der Waals surface area contributed by atoms with Gasteiger partial charge in [-0.15, -0.1) is 0 Å². The van der Waals surface area contributed by atoms with E-state index in [9.17, 15) is 4.79 Å². The first-order valence-electron chi connectivity index (χ1n) is 6.63. The molecule has 21 heavy (non-hydrogen) atoms. The number of hydrogen-bond acceptors (Lipinski definition) is 4. The molecule has 1 aromatic carbocycles. The summed E-state index contributed by atoms with van der Waals surface area (Å²) in [6, 6.07) is 10.0. The van der Waals surface area contributed by atoms with Gasteiger partial charge < -0.3 is 9.83 Å². The van der Waals surface area contributed by atoms with Gasteiger partial charge in [-0.3, -0.25) is 4.98 Å². The number of benzene rings is 1. The van der Waals surface area contributed by atoms with Gasteiger partial charge in [-0.1, -0.05) is 24.3 Å². The van der Waals surface area contributed by atoms with Crippen LogP contribution in [0, 0.1) is 0 Å². The predicted octanol–water partition coefficient (Wildman–Crippen LogP) is 3.52. The number of hydrogen-bond donors (Lipinski definition) is 2. The fourth-order valence-electron chi connectivity index (χ4n) is 2.18. The van der Waals surface area contributed by atoms with Crippen LogP contribution in [-0.2, 0) is 4.79 Å². The minimum atomic E-state index is -0.837. The van der Waals surface area contributed by atoms with Gasteiger partial charge in [-0.2, -0.15) is 0 Å². The maximum absolute atomic E-state index is 10.9. The first-order chi connectivity index (χ1) is 10.2. The summed E-state index contributed by atoms with van der Waals surface area (Å²) < 4.78 is 3.29. The molecule has 0 atom stereocenters. The van der Waals surface area contributed by atoms with Gasteiger partial charge in [0.15, 0.2) is 0 Å². The topological polar surface area (TPSA) is 62.2 Å². The molecule has 0 bridgehead atoms. The van der Waals surface area contributed by atoms with E-state index in [2.05, 4.69) is 9.71 Å². The van der Waals surface area contributed by atoms with Crippen LogP contribution in [0.4, 0.5) is 0 Å². The summed E-state index contributed by atoms with van der Waals surface area (Å²) in [7, 11) is 0. The van der Waals surface area contributed by atoms with E-state index in [0.29, 0.717) is 18.4 Å². The number of fused-ring (bicyclic) bond motifs is 1. The summed E-state index contributed by atoms with van der Waals surface area (Å²) in [5, 5.41) is 10.0. The molecule has 0 radical (unpaired) electrons. The molecule has 1 aliphatic rings. The second kappa shape index (κ2) is 6.01. The van der Waals surface area contributed by atoms with Crippen LogP contribution in [0.15, 0.2) is 64.8 Å². The Labute approximate surface area is 126 Å². The van der Waals surface area contributed by atoms with Crippen molar-refractivity contribution in [3.8, 4) is 0 Å². The number of rotatable bonds is 4. The number of para-hydroxylation sites is 1. The molecule has 4 nitrogen and oxygen atoms in total. The third-order valence-corrected chi connectivity index (χ3v) is 4.23. The average molecular weight is 298 g/mol. The summed E-state index contributed by atoms with van der Waals surface area (Å²) in [4.78, 5) is 16.3. The third-order valence-electron chi connectivity index (χ3n) is 3.31. The standard InChI is InChI=1S/C16H14N2O2S/c19-16(20)12-6-8-13(9-7-12)18-21-14-5-1-3-11-4-2-10-17-15(11)14/h1-6,8,10,18H,7,9H2,(H,19,20). The van der Waals surface area contributed by atoms with Crippen molar-refractivity contribution in [2.45, 2.75) is 17.7 Å². The molecule has 5 heteroatoms. The lowest BCUT2D eigenvalue weighted by atomic mass is 10.0. The van der Waals surface area contributed by atoms with Crippen LogP contribution in [0.1, 0.15) is 12.8 Å². The molecule has 3 rings (SSSR count). The van der Waals surface area contributed by atoms with Gasteiger partial charge in [0, 0.05) is 22.9 Å². The first kappa shape index (κ1) is 13.7. The van der Waals surface area contributed by atoms with E-state index in [1.54, 1.807) is 12.3 Å². The van der Waals surface area contributed by atoms with Crippen molar-refractivity contribution >= 4 is 28.8 Å². The average Bonchev–Trinajstić information content (AvgIpc) is 2.53. The summed E-state index contributed by atoms with van der Waals surface area (Å²) in [6.45, 7) is 0. The summed E-state index contributed by atoms with van der Waals surface area (Å²) in [5.74, 6) is -0.837. The molecule has 2 N–H and O–H groups in total. The van der Waals surface area contributed by atoms with Crippen LogP contribution in [0.2, 0.25) is 0 Å². The van der Waals surface area contributed by atoms with Crippen molar-refractivity contribution in [2.24, 2.45) is 0 Å². The van der Waals surface area contributed by atoms with Gasteiger partial charge in [0.05, 0.1) is 10.4 Å². The van der Waals surface area contributed by atoms with Crippen LogP contribution in [0.25, 0.3) is 10.9 Å². The van der Waals surface area contributed by atoms with E-state index in [0.717, 1.165) is 21.5 Å². The summed E-state index contributed by atoms with van der Waals surface area (Å²) in [5.41, 5.74) is 2.45. The number of nitrogens with one attached hydrogen (secondary N) is 1. The maximum atomic E-state index is 10.9. The highest BCUT2D eigenvalue weighted by Gasteiger charge is 2.12. The Balaban J connectivity index is 1.74. The quantitative estimate of drug-likeness (QED) is 0.846. The highest BCUT2D eigenvalue weighted by molar-refractivity contribution is 7.97. The Bertz CT molecular complexity index is 748. The molecule has 0 amide bonds. The number of carboxylic acids is 1. The molecule has 0 spiro atoms. The number of aliphatic carboxylic acids is 1.